The first-order valence-corrected chi connectivity index (χ1v) is 10.9. The van der Waals surface area contributed by atoms with Gasteiger partial charge in [-0.1, -0.05) is 57.8 Å². The molecule has 1 atom stereocenters. The monoisotopic (exact) mass is 315 g/mol. The normalized spacial score (nSPS) is 30.2. The van der Waals surface area contributed by atoms with Gasteiger partial charge < -0.3 is 5.32 Å². The number of rotatable bonds is 2. The highest BCUT2D eigenvalue weighted by Gasteiger charge is 2.26. The van der Waals surface area contributed by atoms with Gasteiger partial charge in [0.05, 0.1) is 11.5 Å². The second kappa shape index (κ2) is 9.14. The maximum Gasteiger partial charge on any atom is 0.151 e. The minimum Gasteiger partial charge on any atom is -0.310 e. The van der Waals surface area contributed by atoms with Crippen LogP contribution < -0.4 is 5.32 Å². The van der Waals surface area contributed by atoms with Crippen molar-refractivity contribution in [2.24, 2.45) is 0 Å². The summed E-state index contributed by atoms with van der Waals surface area (Å²) in [7, 11) is -2.79. The van der Waals surface area contributed by atoms with Crippen LogP contribution in [0.2, 0.25) is 0 Å². The minimum absolute atomic E-state index is 0.210. The Labute approximate surface area is 131 Å². The number of nitrogens with one attached hydrogen (secondary N) is 1. The van der Waals surface area contributed by atoms with Crippen LogP contribution in [-0.2, 0) is 9.84 Å². The van der Waals surface area contributed by atoms with Gasteiger partial charge in [-0.15, -0.1) is 0 Å². The van der Waals surface area contributed by atoms with Gasteiger partial charge in [-0.2, -0.15) is 0 Å². The van der Waals surface area contributed by atoms with Crippen molar-refractivity contribution in [3.8, 4) is 0 Å². The van der Waals surface area contributed by atoms with Crippen molar-refractivity contribution >= 4 is 9.84 Å². The summed E-state index contributed by atoms with van der Waals surface area (Å²) < 4.78 is 23.5. The summed E-state index contributed by atoms with van der Waals surface area (Å²) in [6.07, 6.45) is 16.6. The lowest BCUT2D eigenvalue weighted by atomic mass is 9.97. The Morgan fingerprint density at radius 1 is 0.619 bits per heavy atom. The van der Waals surface area contributed by atoms with Gasteiger partial charge in [0, 0.05) is 12.1 Å². The highest BCUT2D eigenvalue weighted by atomic mass is 32.2. The standard InChI is InChI=1S/C17H33NO2S/c19-21(20)14-10-13-17(15-21)18-16-11-8-6-4-2-1-3-5-7-9-12-16/h16-18H,1-15H2. The summed E-state index contributed by atoms with van der Waals surface area (Å²) in [5, 5.41) is 3.69. The fourth-order valence-electron chi connectivity index (χ4n) is 3.82. The van der Waals surface area contributed by atoms with Gasteiger partial charge in [0.2, 0.25) is 0 Å². The van der Waals surface area contributed by atoms with Crippen LogP contribution in [0.25, 0.3) is 0 Å². The van der Waals surface area contributed by atoms with Crippen molar-refractivity contribution < 1.29 is 8.42 Å². The molecule has 3 nitrogen and oxygen atoms in total. The molecule has 0 radical (unpaired) electrons. The first-order chi connectivity index (χ1) is 10.2. The maximum absolute atomic E-state index is 11.8. The van der Waals surface area contributed by atoms with E-state index in [4.69, 9.17) is 0 Å². The molecule has 4 heteroatoms. The van der Waals surface area contributed by atoms with E-state index in [1.807, 2.05) is 0 Å². The van der Waals surface area contributed by atoms with Crippen molar-refractivity contribution in [2.75, 3.05) is 11.5 Å². The SMILES string of the molecule is O=S1(=O)CCCC(NC2CCCCCCCCCCC2)C1. The third-order valence-electron chi connectivity index (χ3n) is 5.04. The van der Waals surface area contributed by atoms with Crippen molar-refractivity contribution in [1.82, 2.24) is 5.32 Å². The summed E-state index contributed by atoms with van der Waals surface area (Å²) in [6.45, 7) is 0. The van der Waals surface area contributed by atoms with Gasteiger partial charge in [0.1, 0.15) is 0 Å². The Balaban J connectivity index is 1.79. The van der Waals surface area contributed by atoms with E-state index in [1.165, 1.54) is 70.6 Å². The Bertz CT molecular complexity index is 368. The van der Waals surface area contributed by atoms with E-state index in [9.17, 15) is 8.42 Å². The van der Waals surface area contributed by atoms with Gasteiger partial charge >= 0.3 is 0 Å². The molecule has 1 aliphatic heterocycles. The predicted octanol–water partition coefficient (Wildman–Crippen LogP) is 3.83. The third-order valence-corrected chi connectivity index (χ3v) is 6.86. The highest BCUT2D eigenvalue weighted by Crippen LogP contribution is 2.19. The van der Waals surface area contributed by atoms with E-state index in [0.29, 0.717) is 17.5 Å². The molecule has 1 heterocycles. The molecule has 1 unspecified atom stereocenters. The van der Waals surface area contributed by atoms with Crippen LogP contribution in [0.1, 0.15) is 83.5 Å². The van der Waals surface area contributed by atoms with Gasteiger partial charge in [0.15, 0.2) is 9.84 Å². The smallest absolute Gasteiger partial charge is 0.151 e. The second-order valence-corrected chi connectivity index (χ2v) is 9.31. The van der Waals surface area contributed by atoms with Gasteiger partial charge in [-0.25, -0.2) is 8.42 Å². The fraction of sp³-hybridized carbons (Fsp3) is 1.00. The predicted molar refractivity (Wildman–Crippen MR) is 89.4 cm³/mol. The molecular weight excluding hydrogens is 282 g/mol. The van der Waals surface area contributed by atoms with E-state index in [-0.39, 0.29) is 6.04 Å². The van der Waals surface area contributed by atoms with Crippen LogP contribution in [-0.4, -0.2) is 32.0 Å². The quantitative estimate of drug-likeness (QED) is 0.842. The Kier molecular flexibility index (Phi) is 7.51. The molecule has 2 aliphatic rings. The van der Waals surface area contributed by atoms with Crippen LogP contribution in [0.5, 0.6) is 0 Å². The lowest BCUT2D eigenvalue weighted by Gasteiger charge is -2.29. The van der Waals surface area contributed by atoms with Crippen molar-refractivity contribution in [3.63, 3.8) is 0 Å². The first-order valence-electron chi connectivity index (χ1n) is 9.12. The number of hydrogen-bond donors (Lipinski definition) is 1. The molecule has 1 aliphatic carbocycles. The molecule has 0 aromatic heterocycles. The minimum atomic E-state index is -2.79. The molecule has 2 rings (SSSR count). The molecule has 1 saturated carbocycles. The van der Waals surface area contributed by atoms with E-state index in [0.717, 1.165) is 12.8 Å². The van der Waals surface area contributed by atoms with Crippen LogP contribution in [0.3, 0.4) is 0 Å². The summed E-state index contributed by atoms with van der Waals surface area (Å²) in [6, 6.07) is 0.754. The summed E-state index contributed by atoms with van der Waals surface area (Å²) >= 11 is 0. The molecule has 0 bridgehead atoms. The third kappa shape index (κ3) is 7.14. The summed E-state index contributed by atoms with van der Waals surface area (Å²) in [4.78, 5) is 0. The largest absolute Gasteiger partial charge is 0.310 e. The van der Waals surface area contributed by atoms with Crippen LogP contribution >= 0.6 is 0 Å². The Hall–Kier alpha value is -0.0900. The zero-order valence-electron chi connectivity index (χ0n) is 13.5. The molecule has 124 valence electrons. The van der Waals surface area contributed by atoms with Gasteiger partial charge in [0.25, 0.3) is 0 Å². The molecule has 2 fully saturated rings. The fourth-order valence-corrected chi connectivity index (χ4v) is 5.47. The molecule has 1 saturated heterocycles. The Morgan fingerprint density at radius 3 is 1.62 bits per heavy atom. The van der Waals surface area contributed by atoms with Crippen LogP contribution in [0.15, 0.2) is 0 Å². The summed E-state index contributed by atoms with van der Waals surface area (Å²) in [5.41, 5.74) is 0. The number of sulfone groups is 1. The van der Waals surface area contributed by atoms with Gasteiger partial charge in [-0.3, -0.25) is 0 Å². The second-order valence-electron chi connectivity index (χ2n) is 7.08. The lowest BCUT2D eigenvalue weighted by Crippen LogP contribution is -2.45. The zero-order valence-corrected chi connectivity index (χ0v) is 14.3. The first kappa shape index (κ1) is 17.3. The van der Waals surface area contributed by atoms with Crippen molar-refractivity contribution in [3.05, 3.63) is 0 Å². The highest BCUT2D eigenvalue weighted by molar-refractivity contribution is 7.91. The maximum atomic E-state index is 11.8. The molecule has 0 amide bonds. The topological polar surface area (TPSA) is 46.2 Å². The molecule has 0 aromatic rings. The van der Waals surface area contributed by atoms with E-state index in [1.54, 1.807) is 0 Å². The molecule has 21 heavy (non-hydrogen) atoms. The van der Waals surface area contributed by atoms with E-state index in [2.05, 4.69) is 5.32 Å². The van der Waals surface area contributed by atoms with Gasteiger partial charge in [-0.05, 0) is 25.7 Å². The molecular formula is C17H33NO2S. The van der Waals surface area contributed by atoms with Crippen LogP contribution in [0, 0.1) is 0 Å². The zero-order chi connectivity index (χ0) is 15.0. The average Bonchev–Trinajstić information content (AvgIpc) is 2.41. The summed E-state index contributed by atoms with van der Waals surface area (Å²) in [5.74, 6) is 0.763. The van der Waals surface area contributed by atoms with Crippen molar-refractivity contribution in [1.29, 1.82) is 0 Å². The van der Waals surface area contributed by atoms with Crippen molar-refractivity contribution in [2.45, 2.75) is 95.6 Å². The average molecular weight is 316 g/mol. The molecule has 1 N–H and O–H groups in total. The van der Waals surface area contributed by atoms with E-state index < -0.39 is 9.84 Å². The van der Waals surface area contributed by atoms with E-state index >= 15 is 0 Å². The lowest BCUT2D eigenvalue weighted by molar-refractivity contribution is 0.357. The molecule has 0 spiro atoms. The Morgan fingerprint density at radius 2 is 1.10 bits per heavy atom. The van der Waals surface area contributed by atoms with Crippen LogP contribution in [0.4, 0.5) is 0 Å². The number of hydrogen-bond acceptors (Lipinski definition) is 3. The molecule has 0 aromatic carbocycles.